The van der Waals surface area contributed by atoms with Crippen LogP contribution < -0.4 is 15.5 Å². The third kappa shape index (κ3) is 4.66. The number of aromatic nitrogens is 1. The predicted molar refractivity (Wildman–Crippen MR) is 126 cm³/mol. The number of nitro groups is 1. The topological polar surface area (TPSA) is 110 Å². The van der Waals surface area contributed by atoms with Crippen molar-refractivity contribution in [2.24, 2.45) is 0 Å². The Labute approximate surface area is 189 Å². The molecule has 1 amide bonds. The van der Waals surface area contributed by atoms with Crippen molar-refractivity contribution in [2.45, 2.75) is 6.92 Å². The lowest BCUT2D eigenvalue weighted by Crippen LogP contribution is -2.39. The molecule has 1 fully saturated rings. The lowest BCUT2D eigenvalue weighted by Gasteiger charge is -2.30. The molecule has 2 heterocycles. The Kier molecular flexibility index (Phi) is 6.24. The largest absolute Gasteiger partial charge is 0.378 e. The number of nitrogens with zero attached hydrogens (tertiary/aromatic N) is 3. The average molecular weight is 452 g/mol. The summed E-state index contributed by atoms with van der Waals surface area (Å²) in [7, 11) is 0. The number of rotatable bonds is 4. The predicted octanol–water partition coefficient (Wildman–Crippen LogP) is 3.41. The highest BCUT2D eigenvalue weighted by Crippen LogP contribution is 2.27. The SMILES string of the molecule is Cc1ccc2cccc(NC(=S)NC(=O)c3cc([N+](=O)[O-])ccc3N3CCOCC3)c2n1. The van der Waals surface area contributed by atoms with Crippen LogP contribution in [0.2, 0.25) is 0 Å². The molecule has 1 saturated heterocycles. The van der Waals surface area contributed by atoms with Gasteiger partial charge >= 0.3 is 0 Å². The van der Waals surface area contributed by atoms with Gasteiger partial charge in [0.15, 0.2) is 5.11 Å². The minimum absolute atomic E-state index is 0.0743. The zero-order valence-corrected chi connectivity index (χ0v) is 18.1. The van der Waals surface area contributed by atoms with E-state index < -0.39 is 10.8 Å². The fourth-order valence-electron chi connectivity index (χ4n) is 3.57. The number of ether oxygens (including phenoxy) is 1. The number of fused-ring (bicyclic) bond motifs is 1. The summed E-state index contributed by atoms with van der Waals surface area (Å²) in [6.07, 6.45) is 0. The Balaban J connectivity index is 1.58. The summed E-state index contributed by atoms with van der Waals surface area (Å²) in [6, 6.07) is 13.7. The van der Waals surface area contributed by atoms with E-state index in [0.29, 0.717) is 37.7 Å². The minimum Gasteiger partial charge on any atom is -0.378 e. The van der Waals surface area contributed by atoms with Gasteiger partial charge in [0.05, 0.1) is 40.6 Å². The number of aryl methyl sites for hydroxylation is 1. The van der Waals surface area contributed by atoms with Gasteiger partial charge in [0.2, 0.25) is 0 Å². The summed E-state index contributed by atoms with van der Waals surface area (Å²) >= 11 is 5.35. The number of benzene rings is 2. The number of nitrogens with one attached hydrogen (secondary N) is 2. The molecule has 0 bridgehead atoms. The molecule has 32 heavy (non-hydrogen) atoms. The molecule has 3 aromatic rings. The molecule has 4 rings (SSSR count). The second-order valence-corrected chi connectivity index (χ2v) is 7.70. The van der Waals surface area contributed by atoms with Crippen LogP contribution in [0.3, 0.4) is 0 Å². The Morgan fingerprint density at radius 3 is 2.72 bits per heavy atom. The Bertz CT molecular complexity index is 1210. The number of thiocarbonyl (C=S) groups is 1. The maximum Gasteiger partial charge on any atom is 0.270 e. The van der Waals surface area contributed by atoms with Crippen molar-refractivity contribution in [3.8, 4) is 0 Å². The van der Waals surface area contributed by atoms with E-state index in [0.717, 1.165) is 16.6 Å². The fraction of sp³-hybridized carbons (Fsp3) is 0.227. The van der Waals surface area contributed by atoms with Crippen LogP contribution in [0.25, 0.3) is 10.9 Å². The van der Waals surface area contributed by atoms with Gasteiger partial charge in [0.25, 0.3) is 11.6 Å². The number of amides is 1. The second-order valence-electron chi connectivity index (χ2n) is 7.30. The Morgan fingerprint density at radius 1 is 1.19 bits per heavy atom. The number of para-hydroxylation sites is 1. The number of nitro benzene ring substituents is 1. The normalized spacial score (nSPS) is 13.6. The Morgan fingerprint density at radius 2 is 1.97 bits per heavy atom. The highest BCUT2D eigenvalue weighted by Gasteiger charge is 2.22. The van der Waals surface area contributed by atoms with Gasteiger partial charge in [-0.1, -0.05) is 18.2 Å². The van der Waals surface area contributed by atoms with Crippen LogP contribution >= 0.6 is 12.2 Å². The van der Waals surface area contributed by atoms with Crippen molar-refractivity contribution in [1.29, 1.82) is 0 Å². The molecule has 9 nitrogen and oxygen atoms in total. The molecule has 1 aliphatic rings. The zero-order chi connectivity index (χ0) is 22.7. The van der Waals surface area contributed by atoms with Crippen molar-refractivity contribution in [3.05, 3.63) is 69.9 Å². The smallest absolute Gasteiger partial charge is 0.270 e. The first kappa shape index (κ1) is 21.6. The quantitative estimate of drug-likeness (QED) is 0.353. The molecule has 0 atom stereocenters. The van der Waals surface area contributed by atoms with Gasteiger partial charge in [-0.25, -0.2) is 0 Å². The van der Waals surface area contributed by atoms with Gasteiger partial charge in [-0.15, -0.1) is 0 Å². The highest BCUT2D eigenvalue weighted by molar-refractivity contribution is 7.80. The lowest BCUT2D eigenvalue weighted by molar-refractivity contribution is -0.384. The zero-order valence-electron chi connectivity index (χ0n) is 17.3. The molecular formula is C22H21N5O4S. The lowest BCUT2D eigenvalue weighted by atomic mass is 10.1. The number of carbonyl (C=O) groups excluding carboxylic acids is 1. The van der Waals surface area contributed by atoms with Crippen molar-refractivity contribution in [1.82, 2.24) is 10.3 Å². The van der Waals surface area contributed by atoms with E-state index in [1.54, 1.807) is 6.07 Å². The molecule has 0 aliphatic carbocycles. The number of anilines is 2. The summed E-state index contributed by atoms with van der Waals surface area (Å²) in [5, 5.41) is 17.9. The maximum absolute atomic E-state index is 13.1. The Hall–Kier alpha value is -3.63. The fourth-order valence-corrected chi connectivity index (χ4v) is 3.77. The first-order valence-corrected chi connectivity index (χ1v) is 10.4. The first-order valence-electron chi connectivity index (χ1n) is 10.0. The monoisotopic (exact) mass is 451 g/mol. The summed E-state index contributed by atoms with van der Waals surface area (Å²) in [4.78, 5) is 30.3. The van der Waals surface area contributed by atoms with Crippen molar-refractivity contribution in [2.75, 3.05) is 36.5 Å². The molecule has 2 aromatic carbocycles. The van der Waals surface area contributed by atoms with E-state index in [1.807, 2.05) is 42.2 Å². The van der Waals surface area contributed by atoms with Gasteiger partial charge < -0.3 is 15.0 Å². The van der Waals surface area contributed by atoms with Crippen molar-refractivity contribution >= 4 is 51.2 Å². The van der Waals surface area contributed by atoms with E-state index in [9.17, 15) is 14.9 Å². The van der Waals surface area contributed by atoms with Crippen LogP contribution in [-0.4, -0.2) is 47.2 Å². The minimum atomic E-state index is -0.530. The van der Waals surface area contributed by atoms with E-state index in [2.05, 4.69) is 15.6 Å². The van der Waals surface area contributed by atoms with E-state index in [-0.39, 0.29) is 16.4 Å². The summed E-state index contributed by atoms with van der Waals surface area (Å²) in [5.41, 5.74) is 2.85. The molecule has 1 aliphatic heterocycles. The highest BCUT2D eigenvalue weighted by atomic mass is 32.1. The van der Waals surface area contributed by atoms with Crippen LogP contribution in [0.4, 0.5) is 17.1 Å². The number of hydrogen-bond donors (Lipinski definition) is 2. The number of carbonyl (C=O) groups is 1. The van der Waals surface area contributed by atoms with Crippen LogP contribution in [-0.2, 0) is 4.74 Å². The average Bonchev–Trinajstić information content (AvgIpc) is 2.79. The molecule has 164 valence electrons. The molecule has 2 N–H and O–H groups in total. The number of pyridine rings is 1. The van der Waals surface area contributed by atoms with E-state index in [4.69, 9.17) is 17.0 Å². The second kappa shape index (κ2) is 9.25. The van der Waals surface area contributed by atoms with Gasteiger partial charge in [0.1, 0.15) is 0 Å². The molecule has 10 heteroatoms. The van der Waals surface area contributed by atoms with Gasteiger partial charge in [-0.05, 0) is 37.3 Å². The van der Waals surface area contributed by atoms with Crippen molar-refractivity contribution < 1.29 is 14.5 Å². The van der Waals surface area contributed by atoms with Gasteiger partial charge in [-0.2, -0.15) is 0 Å². The van der Waals surface area contributed by atoms with Crippen LogP contribution in [0.15, 0.2) is 48.5 Å². The van der Waals surface area contributed by atoms with Gasteiger partial charge in [-0.3, -0.25) is 25.2 Å². The van der Waals surface area contributed by atoms with Crippen molar-refractivity contribution in [3.63, 3.8) is 0 Å². The summed E-state index contributed by atoms with van der Waals surface area (Å²) in [6.45, 7) is 4.10. The molecular weight excluding hydrogens is 430 g/mol. The number of morpholine rings is 1. The third-order valence-corrected chi connectivity index (χ3v) is 5.33. The molecule has 0 unspecified atom stereocenters. The standard InChI is InChI=1S/C22H21N5O4S/c1-14-5-6-15-3-2-4-18(20(15)23-14)24-22(32)25-21(28)17-13-16(27(29)30)7-8-19(17)26-9-11-31-12-10-26/h2-8,13H,9-12H2,1H3,(H2,24,25,28,32). The molecule has 0 spiro atoms. The van der Waals surface area contributed by atoms with Crippen LogP contribution in [0.5, 0.6) is 0 Å². The molecule has 0 radical (unpaired) electrons. The van der Waals surface area contributed by atoms with E-state index >= 15 is 0 Å². The van der Waals surface area contributed by atoms with Gasteiger partial charge in [0, 0.05) is 36.3 Å². The third-order valence-electron chi connectivity index (χ3n) is 5.12. The van der Waals surface area contributed by atoms with Crippen LogP contribution in [0, 0.1) is 17.0 Å². The molecule has 1 aromatic heterocycles. The van der Waals surface area contributed by atoms with Crippen LogP contribution in [0.1, 0.15) is 16.1 Å². The number of non-ortho nitro benzene ring substituents is 1. The first-order chi connectivity index (χ1) is 15.4. The summed E-state index contributed by atoms with van der Waals surface area (Å²) < 4.78 is 5.37. The molecule has 0 saturated carbocycles. The number of hydrogen-bond acceptors (Lipinski definition) is 7. The van der Waals surface area contributed by atoms with E-state index in [1.165, 1.54) is 12.1 Å². The maximum atomic E-state index is 13.1. The summed E-state index contributed by atoms with van der Waals surface area (Å²) in [5.74, 6) is -0.530.